The van der Waals surface area contributed by atoms with Crippen LogP contribution in [0.2, 0.25) is 0 Å². The molecule has 4 nitrogen and oxygen atoms in total. The van der Waals surface area contributed by atoms with Crippen LogP contribution in [0.3, 0.4) is 0 Å². The maximum absolute atomic E-state index is 5.75. The number of nitrogens with zero attached hydrogens (tertiary/aromatic N) is 1. The first-order chi connectivity index (χ1) is 6.95. The fourth-order valence-corrected chi connectivity index (χ4v) is 1.69. The summed E-state index contributed by atoms with van der Waals surface area (Å²) in [4.78, 5) is 4.33. The molecule has 3 N–H and O–H groups in total. The zero-order valence-electron chi connectivity index (χ0n) is 10.2. The SMILES string of the molecule is COCC(C)NC(N)=NCC1CC1(C)C. The Bertz CT molecular complexity index is 238. The number of hydrogen-bond acceptors (Lipinski definition) is 2. The number of nitrogens with two attached hydrogens (primary N) is 1. The van der Waals surface area contributed by atoms with Gasteiger partial charge in [-0.15, -0.1) is 0 Å². The summed E-state index contributed by atoms with van der Waals surface area (Å²) in [6.45, 7) is 8.04. The molecule has 0 saturated heterocycles. The molecule has 1 saturated carbocycles. The summed E-state index contributed by atoms with van der Waals surface area (Å²) in [6, 6.07) is 0.214. The first-order valence-corrected chi connectivity index (χ1v) is 5.51. The van der Waals surface area contributed by atoms with E-state index in [4.69, 9.17) is 10.5 Å². The molecule has 1 rings (SSSR count). The molecule has 1 aliphatic carbocycles. The summed E-state index contributed by atoms with van der Waals surface area (Å²) in [7, 11) is 1.68. The van der Waals surface area contributed by atoms with Crippen LogP contribution in [0.15, 0.2) is 4.99 Å². The van der Waals surface area contributed by atoms with E-state index < -0.39 is 0 Å². The molecule has 2 unspecified atom stereocenters. The van der Waals surface area contributed by atoms with Crippen molar-refractivity contribution in [3.05, 3.63) is 0 Å². The Morgan fingerprint density at radius 1 is 1.67 bits per heavy atom. The molecule has 15 heavy (non-hydrogen) atoms. The predicted octanol–water partition coefficient (Wildman–Crippen LogP) is 0.972. The van der Waals surface area contributed by atoms with Crippen molar-refractivity contribution in [1.29, 1.82) is 0 Å². The van der Waals surface area contributed by atoms with E-state index in [1.165, 1.54) is 6.42 Å². The van der Waals surface area contributed by atoms with Crippen LogP contribution < -0.4 is 11.1 Å². The zero-order valence-corrected chi connectivity index (χ0v) is 10.2. The number of ether oxygens (including phenoxy) is 1. The minimum absolute atomic E-state index is 0.214. The van der Waals surface area contributed by atoms with Crippen LogP contribution in [0, 0.1) is 11.3 Å². The van der Waals surface area contributed by atoms with Crippen LogP contribution in [-0.4, -0.2) is 32.3 Å². The highest BCUT2D eigenvalue weighted by Crippen LogP contribution is 2.51. The Morgan fingerprint density at radius 3 is 2.73 bits per heavy atom. The van der Waals surface area contributed by atoms with Crippen molar-refractivity contribution in [2.45, 2.75) is 33.2 Å². The quantitative estimate of drug-likeness (QED) is 0.528. The highest BCUT2D eigenvalue weighted by atomic mass is 16.5. The lowest BCUT2D eigenvalue weighted by Gasteiger charge is -2.13. The van der Waals surface area contributed by atoms with Gasteiger partial charge >= 0.3 is 0 Å². The number of methoxy groups -OCH3 is 1. The second-order valence-electron chi connectivity index (χ2n) is 5.12. The fourth-order valence-electron chi connectivity index (χ4n) is 1.69. The first kappa shape index (κ1) is 12.3. The van der Waals surface area contributed by atoms with Crippen molar-refractivity contribution in [3.63, 3.8) is 0 Å². The lowest BCUT2D eigenvalue weighted by atomic mass is 10.1. The van der Waals surface area contributed by atoms with Gasteiger partial charge in [0.2, 0.25) is 0 Å². The predicted molar refractivity (Wildman–Crippen MR) is 62.9 cm³/mol. The van der Waals surface area contributed by atoms with Gasteiger partial charge in [-0.3, -0.25) is 4.99 Å². The second-order valence-corrected chi connectivity index (χ2v) is 5.12. The summed E-state index contributed by atoms with van der Waals surface area (Å²) in [5.74, 6) is 1.23. The van der Waals surface area contributed by atoms with E-state index in [0.29, 0.717) is 23.9 Å². The van der Waals surface area contributed by atoms with Gasteiger partial charge in [-0.2, -0.15) is 0 Å². The standard InChI is InChI=1S/C11H23N3O/c1-8(7-15-4)14-10(12)13-6-9-5-11(9,2)3/h8-9H,5-7H2,1-4H3,(H3,12,13,14). The van der Waals surface area contributed by atoms with Gasteiger partial charge in [-0.05, 0) is 24.7 Å². The minimum Gasteiger partial charge on any atom is -0.383 e. The molecular weight excluding hydrogens is 190 g/mol. The molecule has 0 bridgehead atoms. The molecule has 88 valence electrons. The van der Waals surface area contributed by atoms with Gasteiger partial charge in [0.1, 0.15) is 0 Å². The summed E-state index contributed by atoms with van der Waals surface area (Å²) in [5.41, 5.74) is 6.23. The number of aliphatic imine (C=N–C) groups is 1. The third kappa shape index (κ3) is 4.08. The Labute approximate surface area is 92.3 Å². The van der Waals surface area contributed by atoms with E-state index in [-0.39, 0.29) is 6.04 Å². The van der Waals surface area contributed by atoms with Gasteiger partial charge in [0.15, 0.2) is 5.96 Å². The highest BCUT2D eigenvalue weighted by molar-refractivity contribution is 5.78. The second kappa shape index (κ2) is 4.84. The largest absolute Gasteiger partial charge is 0.383 e. The number of nitrogens with one attached hydrogen (secondary N) is 1. The Hall–Kier alpha value is -0.770. The maximum atomic E-state index is 5.75. The van der Waals surface area contributed by atoms with Gasteiger partial charge in [0.25, 0.3) is 0 Å². The lowest BCUT2D eigenvalue weighted by molar-refractivity contribution is 0.179. The smallest absolute Gasteiger partial charge is 0.188 e. The summed E-state index contributed by atoms with van der Waals surface area (Å²) in [5, 5.41) is 3.09. The maximum Gasteiger partial charge on any atom is 0.188 e. The van der Waals surface area contributed by atoms with E-state index in [9.17, 15) is 0 Å². The molecule has 1 fully saturated rings. The van der Waals surface area contributed by atoms with E-state index in [1.54, 1.807) is 7.11 Å². The van der Waals surface area contributed by atoms with Crippen molar-refractivity contribution < 1.29 is 4.74 Å². The van der Waals surface area contributed by atoms with Crippen molar-refractivity contribution >= 4 is 5.96 Å². The molecule has 0 radical (unpaired) electrons. The number of hydrogen-bond donors (Lipinski definition) is 2. The van der Waals surface area contributed by atoms with E-state index >= 15 is 0 Å². The molecule has 0 amide bonds. The van der Waals surface area contributed by atoms with Crippen molar-refractivity contribution in [2.24, 2.45) is 22.1 Å². The van der Waals surface area contributed by atoms with Crippen molar-refractivity contribution in [3.8, 4) is 0 Å². The van der Waals surface area contributed by atoms with Gasteiger partial charge in [0, 0.05) is 19.7 Å². The van der Waals surface area contributed by atoms with Crippen LogP contribution in [-0.2, 0) is 4.74 Å². The fraction of sp³-hybridized carbons (Fsp3) is 0.909. The van der Waals surface area contributed by atoms with Gasteiger partial charge in [-0.1, -0.05) is 13.8 Å². The van der Waals surface area contributed by atoms with E-state index in [2.05, 4.69) is 24.2 Å². The zero-order chi connectivity index (χ0) is 11.5. The number of guanidine groups is 1. The third-order valence-electron chi connectivity index (χ3n) is 3.01. The van der Waals surface area contributed by atoms with Gasteiger partial charge in [0.05, 0.1) is 6.61 Å². The minimum atomic E-state index is 0.214. The Kier molecular flexibility index (Phi) is 3.97. The highest BCUT2D eigenvalue weighted by Gasteiger charge is 2.45. The van der Waals surface area contributed by atoms with Crippen molar-refractivity contribution in [2.75, 3.05) is 20.3 Å². The molecule has 0 aromatic carbocycles. The van der Waals surface area contributed by atoms with Crippen LogP contribution >= 0.6 is 0 Å². The Morgan fingerprint density at radius 2 is 2.27 bits per heavy atom. The number of rotatable bonds is 5. The van der Waals surface area contributed by atoms with E-state index in [1.807, 2.05) is 6.92 Å². The van der Waals surface area contributed by atoms with Crippen LogP contribution in [0.25, 0.3) is 0 Å². The van der Waals surface area contributed by atoms with Gasteiger partial charge < -0.3 is 15.8 Å². The average Bonchev–Trinajstić information content (AvgIpc) is 2.71. The normalized spacial score (nSPS) is 26.1. The first-order valence-electron chi connectivity index (χ1n) is 5.51. The molecule has 0 aromatic heterocycles. The summed E-state index contributed by atoms with van der Waals surface area (Å²) >= 11 is 0. The molecule has 0 heterocycles. The molecule has 2 atom stereocenters. The Balaban J connectivity index is 2.22. The third-order valence-corrected chi connectivity index (χ3v) is 3.01. The van der Waals surface area contributed by atoms with Crippen LogP contribution in [0.5, 0.6) is 0 Å². The average molecular weight is 213 g/mol. The van der Waals surface area contributed by atoms with Crippen LogP contribution in [0.4, 0.5) is 0 Å². The van der Waals surface area contributed by atoms with Gasteiger partial charge in [-0.25, -0.2) is 0 Å². The van der Waals surface area contributed by atoms with Crippen LogP contribution in [0.1, 0.15) is 27.2 Å². The molecule has 0 aromatic rings. The molecule has 4 heteroatoms. The summed E-state index contributed by atoms with van der Waals surface area (Å²) < 4.78 is 5.00. The lowest BCUT2D eigenvalue weighted by Crippen LogP contribution is -2.40. The monoisotopic (exact) mass is 213 g/mol. The van der Waals surface area contributed by atoms with E-state index in [0.717, 1.165) is 6.54 Å². The molecule has 0 aliphatic heterocycles. The topological polar surface area (TPSA) is 59.6 Å². The van der Waals surface area contributed by atoms with Crippen molar-refractivity contribution in [1.82, 2.24) is 5.32 Å². The molecular formula is C11H23N3O. The molecule has 0 spiro atoms. The molecule has 1 aliphatic rings. The summed E-state index contributed by atoms with van der Waals surface area (Å²) in [6.07, 6.45) is 1.26.